The van der Waals surface area contributed by atoms with Crippen LogP contribution in [0.5, 0.6) is 0 Å². The van der Waals surface area contributed by atoms with E-state index < -0.39 is 0 Å². The van der Waals surface area contributed by atoms with E-state index in [0.717, 1.165) is 18.7 Å². The summed E-state index contributed by atoms with van der Waals surface area (Å²) >= 11 is 1.28. The lowest BCUT2D eigenvalue weighted by Gasteiger charge is -2.37. The zero-order valence-corrected chi connectivity index (χ0v) is 16.1. The molecule has 138 valence electrons. The summed E-state index contributed by atoms with van der Waals surface area (Å²) in [5.74, 6) is 0.525. The summed E-state index contributed by atoms with van der Waals surface area (Å²) in [6.45, 7) is 4.59. The molecular weight excluding hydrogens is 358 g/mol. The molecule has 2 heterocycles. The molecule has 1 aliphatic carbocycles. The number of amides is 1. The molecule has 1 amide bonds. The van der Waals surface area contributed by atoms with Crippen LogP contribution >= 0.6 is 11.3 Å². The van der Waals surface area contributed by atoms with Gasteiger partial charge >= 0.3 is 0 Å². The third kappa shape index (κ3) is 3.68. The minimum atomic E-state index is -0.240. The van der Waals surface area contributed by atoms with Crippen LogP contribution in [0.25, 0.3) is 0 Å². The summed E-state index contributed by atoms with van der Waals surface area (Å²) in [4.78, 5) is 16.6. The number of rotatable bonds is 4. The Hall–Kier alpha value is -2.80. The van der Waals surface area contributed by atoms with Gasteiger partial charge in [-0.3, -0.25) is 10.1 Å². The Morgan fingerprint density at radius 2 is 2.07 bits per heavy atom. The van der Waals surface area contributed by atoms with Crippen LogP contribution < -0.4 is 10.6 Å². The van der Waals surface area contributed by atoms with E-state index in [2.05, 4.69) is 63.9 Å². The van der Waals surface area contributed by atoms with Crippen molar-refractivity contribution in [3.8, 4) is 0 Å². The Morgan fingerprint density at radius 1 is 1.22 bits per heavy atom. The summed E-state index contributed by atoms with van der Waals surface area (Å²) < 4.78 is 0. The lowest BCUT2D eigenvalue weighted by molar-refractivity contribution is 0.102. The van der Waals surface area contributed by atoms with E-state index in [1.54, 1.807) is 17.8 Å². The van der Waals surface area contributed by atoms with E-state index in [0.29, 0.717) is 10.7 Å². The number of anilines is 2. The first-order valence-corrected chi connectivity index (χ1v) is 9.80. The van der Waals surface area contributed by atoms with Crippen molar-refractivity contribution in [1.82, 2.24) is 15.2 Å². The Kier molecular flexibility index (Phi) is 4.61. The number of benzene rings is 1. The van der Waals surface area contributed by atoms with Gasteiger partial charge in [0.2, 0.25) is 5.13 Å². The second-order valence-corrected chi connectivity index (χ2v) is 8.17. The first-order chi connectivity index (χ1) is 13.0. The predicted molar refractivity (Wildman–Crippen MR) is 107 cm³/mol. The van der Waals surface area contributed by atoms with Gasteiger partial charge in [0.1, 0.15) is 11.3 Å². The number of hydrogen-bond donors (Lipinski definition) is 2. The Labute approximate surface area is 162 Å². The van der Waals surface area contributed by atoms with Crippen LogP contribution in [0.15, 0.2) is 48.1 Å². The maximum atomic E-state index is 12.2. The average molecular weight is 379 g/mol. The molecule has 0 radical (unpaired) electrons. The average Bonchev–Trinajstić information content (AvgIpc) is 3.18. The first kappa shape index (κ1) is 17.6. The van der Waals surface area contributed by atoms with Crippen LogP contribution in [0.3, 0.4) is 0 Å². The van der Waals surface area contributed by atoms with Crippen molar-refractivity contribution < 1.29 is 4.79 Å². The number of carbonyl (C=O) groups is 1. The SMILES string of the molecule is CC1(C)CCC(Nc2ccc(C(=O)Nc3nncs3)cn2)c2ccccc21. The molecule has 1 atom stereocenters. The minimum absolute atomic E-state index is 0.189. The summed E-state index contributed by atoms with van der Waals surface area (Å²) in [5, 5.41) is 14.2. The standard InChI is InChI=1S/C20H21N5OS/c1-20(2)10-9-16(14-5-3-4-6-15(14)20)23-17-8-7-13(11-21-17)18(26)24-19-25-22-12-27-19/h3-8,11-12,16H,9-10H2,1-2H3,(H,21,23)(H,24,25,26). The second-order valence-electron chi connectivity index (χ2n) is 7.34. The summed E-state index contributed by atoms with van der Waals surface area (Å²) in [6.07, 6.45) is 3.74. The molecule has 0 spiro atoms. The highest BCUT2D eigenvalue weighted by molar-refractivity contribution is 7.13. The first-order valence-electron chi connectivity index (χ1n) is 8.92. The fourth-order valence-electron chi connectivity index (χ4n) is 3.55. The van der Waals surface area contributed by atoms with Crippen LogP contribution in [0.2, 0.25) is 0 Å². The number of nitrogens with zero attached hydrogens (tertiary/aromatic N) is 3. The van der Waals surface area contributed by atoms with E-state index >= 15 is 0 Å². The van der Waals surface area contributed by atoms with Crippen LogP contribution in [-0.4, -0.2) is 21.1 Å². The largest absolute Gasteiger partial charge is 0.363 e. The molecule has 1 unspecified atom stereocenters. The molecule has 2 aromatic heterocycles. The highest BCUT2D eigenvalue weighted by Crippen LogP contribution is 2.42. The summed E-state index contributed by atoms with van der Waals surface area (Å²) in [7, 11) is 0. The number of carbonyl (C=O) groups excluding carboxylic acids is 1. The Bertz CT molecular complexity index is 937. The molecule has 0 bridgehead atoms. The van der Waals surface area contributed by atoms with E-state index in [-0.39, 0.29) is 17.4 Å². The molecular formula is C20H21N5OS. The fraction of sp³-hybridized carbons (Fsp3) is 0.300. The maximum Gasteiger partial charge on any atom is 0.259 e. The lowest BCUT2D eigenvalue weighted by Crippen LogP contribution is -2.29. The third-order valence-electron chi connectivity index (χ3n) is 5.05. The van der Waals surface area contributed by atoms with Gasteiger partial charge in [-0.1, -0.05) is 49.4 Å². The maximum absolute atomic E-state index is 12.2. The molecule has 3 aromatic rings. The molecule has 7 heteroatoms. The highest BCUT2D eigenvalue weighted by Gasteiger charge is 2.32. The minimum Gasteiger partial charge on any atom is -0.363 e. The van der Waals surface area contributed by atoms with E-state index in [4.69, 9.17) is 0 Å². The van der Waals surface area contributed by atoms with E-state index in [9.17, 15) is 4.79 Å². The normalized spacial score (nSPS) is 17.8. The van der Waals surface area contributed by atoms with Gasteiger partial charge in [0.15, 0.2) is 0 Å². The molecule has 27 heavy (non-hydrogen) atoms. The van der Waals surface area contributed by atoms with Crippen LogP contribution in [0.1, 0.15) is 54.2 Å². The number of nitrogens with one attached hydrogen (secondary N) is 2. The van der Waals surface area contributed by atoms with Crippen molar-refractivity contribution in [2.75, 3.05) is 10.6 Å². The molecule has 0 saturated heterocycles. The van der Waals surface area contributed by atoms with Crippen molar-refractivity contribution in [2.45, 2.75) is 38.1 Å². The van der Waals surface area contributed by atoms with Crippen molar-refractivity contribution >= 4 is 28.2 Å². The molecule has 4 rings (SSSR count). The second kappa shape index (κ2) is 7.08. The zero-order chi connectivity index (χ0) is 18.9. The number of hydrogen-bond acceptors (Lipinski definition) is 6. The van der Waals surface area contributed by atoms with Gasteiger partial charge in [-0.05, 0) is 41.5 Å². The number of aromatic nitrogens is 3. The molecule has 0 saturated carbocycles. The van der Waals surface area contributed by atoms with Crippen LogP contribution in [0, 0.1) is 0 Å². The quantitative estimate of drug-likeness (QED) is 0.702. The summed E-state index contributed by atoms with van der Waals surface area (Å²) in [6, 6.07) is 12.4. The van der Waals surface area contributed by atoms with Gasteiger partial charge in [-0.25, -0.2) is 4.98 Å². The molecule has 0 aliphatic heterocycles. The van der Waals surface area contributed by atoms with Crippen molar-refractivity contribution in [1.29, 1.82) is 0 Å². The van der Waals surface area contributed by atoms with Crippen molar-refractivity contribution in [3.05, 3.63) is 64.8 Å². The van der Waals surface area contributed by atoms with Crippen molar-refractivity contribution in [3.63, 3.8) is 0 Å². The predicted octanol–water partition coefficient (Wildman–Crippen LogP) is 4.41. The highest BCUT2D eigenvalue weighted by atomic mass is 32.1. The Morgan fingerprint density at radius 3 is 2.81 bits per heavy atom. The van der Waals surface area contributed by atoms with Gasteiger partial charge in [-0.2, -0.15) is 0 Å². The summed E-state index contributed by atoms with van der Waals surface area (Å²) in [5.41, 5.74) is 4.97. The molecule has 1 aromatic carbocycles. The number of pyridine rings is 1. The molecule has 6 nitrogen and oxygen atoms in total. The van der Waals surface area contributed by atoms with Gasteiger partial charge in [0.25, 0.3) is 5.91 Å². The smallest absolute Gasteiger partial charge is 0.259 e. The third-order valence-corrected chi connectivity index (χ3v) is 5.66. The molecule has 0 fully saturated rings. The molecule has 2 N–H and O–H groups in total. The van der Waals surface area contributed by atoms with Crippen molar-refractivity contribution in [2.24, 2.45) is 0 Å². The van der Waals surface area contributed by atoms with Gasteiger partial charge in [-0.15, -0.1) is 10.2 Å². The van der Waals surface area contributed by atoms with Gasteiger partial charge in [0.05, 0.1) is 11.6 Å². The lowest BCUT2D eigenvalue weighted by atomic mass is 9.71. The van der Waals surface area contributed by atoms with Crippen LogP contribution in [0.4, 0.5) is 10.9 Å². The monoisotopic (exact) mass is 379 g/mol. The van der Waals surface area contributed by atoms with Gasteiger partial charge < -0.3 is 5.32 Å². The Balaban J connectivity index is 1.48. The fourth-order valence-corrected chi connectivity index (χ4v) is 3.99. The van der Waals surface area contributed by atoms with E-state index in [1.807, 2.05) is 6.07 Å². The van der Waals surface area contributed by atoms with E-state index in [1.165, 1.54) is 22.5 Å². The van der Waals surface area contributed by atoms with Crippen LogP contribution in [-0.2, 0) is 5.41 Å². The molecule has 1 aliphatic rings. The van der Waals surface area contributed by atoms with Gasteiger partial charge in [0, 0.05) is 6.20 Å². The topological polar surface area (TPSA) is 79.8 Å². The number of fused-ring (bicyclic) bond motifs is 1. The zero-order valence-electron chi connectivity index (χ0n) is 15.3.